The topological polar surface area (TPSA) is 68.7 Å². The van der Waals surface area contributed by atoms with Gasteiger partial charge in [0.25, 0.3) is 0 Å². The molecule has 5 nitrogen and oxygen atoms in total. The molecule has 4 rings (SSSR count). The largest absolute Gasteiger partial charge is 0.481 e. The van der Waals surface area contributed by atoms with Gasteiger partial charge < -0.3 is 14.6 Å². The lowest BCUT2D eigenvalue weighted by atomic mass is 10.1. The first-order valence-electron chi connectivity index (χ1n) is 7.37. The van der Waals surface area contributed by atoms with Crippen LogP contribution in [0.15, 0.2) is 42.5 Å². The van der Waals surface area contributed by atoms with E-state index in [0.29, 0.717) is 17.1 Å². The molecule has 0 saturated heterocycles. The molecular formula is C18H13NO4S. The Kier molecular flexibility index (Phi) is 3.66. The van der Waals surface area contributed by atoms with Crippen molar-refractivity contribution in [3.8, 4) is 11.5 Å². The fraction of sp³-hybridized carbons (Fsp3) is 0.111. The second-order valence-electron chi connectivity index (χ2n) is 5.34. The van der Waals surface area contributed by atoms with Gasteiger partial charge in [-0.15, -0.1) is 11.3 Å². The number of hydrogen-bond acceptors (Lipinski definition) is 5. The highest BCUT2D eigenvalue weighted by Gasteiger charge is 2.15. The number of aliphatic carboxylic acids is 1. The summed E-state index contributed by atoms with van der Waals surface area (Å²) in [5, 5.41) is 9.96. The van der Waals surface area contributed by atoms with Crippen LogP contribution in [0, 0.1) is 0 Å². The van der Waals surface area contributed by atoms with E-state index in [1.807, 2.05) is 48.5 Å². The van der Waals surface area contributed by atoms with Gasteiger partial charge in [-0.05, 0) is 41.5 Å². The highest BCUT2D eigenvalue weighted by atomic mass is 32.1. The van der Waals surface area contributed by atoms with E-state index < -0.39 is 5.97 Å². The number of carboxylic acids is 1. The molecular weight excluding hydrogens is 326 g/mol. The average Bonchev–Trinajstić information content (AvgIpc) is 3.19. The van der Waals surface area contributed by atoms with Gasteiger partial charge in [0.1, 0.15) is 5.01 Å². The maximum absolute atomic E-state index is 11.3. The highest BCUT2D eigenvalue weighted by Crippen LogP contribution is 2.35. The average molecular weight is 339 g/mol. The molecule has 1 N–H and O–H groups in total. The van der Waals surface area contributed by atoms with E-state index in [0.717, 1.165) is 20.8 Å². The van der Waals surface area contributed by atoms with Crippen molar-refractivity contribution in [3.63, 3.8) is 0 Å². The van der Waals surface area contributed by atoms with Crippen LogP contribution in [0.1, 0.15) is 17.0 Å². The molecule has 1 aromatic heterocycles. The Balaban J connectivity index is 1.77. The minimum atomic E-state index is -0.888. The van der Waals surface area contributed by atoms with E-state index in [1.165, 1.54) is 11.3 Å². The van der Waals surface area contributed by atoms with Gasteiger partial charge in [0.05, 0.1) is 16.6 Å². The van der Waals surface area contributed by atoms with Crippen LogP contribution in [0.5, 0.6) is 11.5 Å². The molecule has 1 aliphatic rings. The highest BCUT2D eigenvalue weighted by molar-refractivity contribution is 7.19. The maximum atomic E-state index is 11.3. The monoisotopic (exact) mass is 339 g/mol. The number of ether oxygens (including phenoxy) is 2. The quantitative estimate of drug-likeness (QED) is 0.777. The molecule has 2 aromatic carbocycles. The van der Waals surface area contributed by atoms with Gasteiger partial charge in [-0.2, -0.15) is 0 Å². The van der Waals surface area contributed by atoms with E-state index in [1.54, 1.807) is 0 Å². The summed E-state index contributed by atoms with van der Waals surface area (Å²) in [6, 6.07) is 13.3. The van der Waals surface area contributed by atoms with E-state index in [-0.39, 0.29) is 13.2 Å². The molecule has 0 radical (unpaired) electrons. The van der Waals surface area contributed by atoms with Crippen molar-refractivity contribution in [3.05, 3.63) is 53.0 Å². The van der Waals surface area contributed by atoms with Crippen molar-refractivity contribution in [1.29, 1.82) is 0 Å². The molecule has 3 aromatic rings. The third-order valence-corrected chi connectivity index (χ3v) is 4.76. The predicted octanol–water partition coefficient (Wildman–Crippen LogP) is 4.04. The minimum Gasteiger partial charge on any atom is -0.481 e. The van der Waals surface area contributed by atoms with Crippen molar-refractivity contribution in [2.45, 2.75) is 6.42 Å². The maximum Gasteiger partial charge on any atom is 0.307 e. The molecule has 0 unspecified atom stereocenters. The standard InChI is InChI=1S/C18H13NO4S/c20-17(21)9-12(18-19-13-3-1-2-4-16(13)24-18)7-11-5-6-14-15(8-11)23-10-22-14/h1-8H,9-10H2,(H,20,21)/b12-7-. The molecule has 24 heavy (non-hydrogen) atoms. The van der Waals surface area contributed by atoms with Crippen LogP contribution in [0.3, 0.4) is 0 Å². The molecule has 0 amide bonds. The minimum absolute atomic E-state index is 0.0890. The lowest BCUT2D eigenvalue weighted by Crippen LogP contribution is -1.97. The number of fused-ring (bicyclic) bond motifs is 2. The number of para-hydroxylation sites is 1. The van der Waals surface area contributed by atoms with E-state index in [2.05, 4.69) is 4.98 Å². The number of thiazole rings is 1. The van der Waals surface area contributed by atoms with Gasteiger partial charge in [0.2, 0.25) is 6.79 Å². The zero-order chi connectivity index (χ0) is 16.5. The molecule has 1 aliphatic heterocycles. The molecule has 0 fully saturated rings. The fourth-order valence-corrected chi connectivity index (χ4v) is 3.54. The number of carbonyl (C=O) groups is 1. The first kappa shape index (κ1) is 14.7. The Bertz CT molecular complexity index is 928. The summed E-state index contributed by atoms with van der Waals surface area (Å²) >= 11 is 1.49. The van der Waals surface area contributed by atoms with Gasteiger partial charge in [0, 0.05) is 0 Å². The number of carboxylic acid groups (broad SMARTS) is 1. The molecule has 0 atom stereocenters. The van der Waals surface area contributed by atoms with Crippen molar-refractivity contribution >= 4 is 39.2 Å². The first-order chi connectivity index (χ1) is 11.7. The van der Waals surface area contributed by atoms with Crippen LogP contribution in [-0.2, 0) is 4.79 Å². The summed E-state index contributed by atoms with van der Waals surface area (Å²) in [5.74, 6) is 0.482. The Labute approximate surface area is 141 Å². The Morgan fingerprint density at radius 1 is 1.21 bits per heavy atom. The van der Waals surface area contributed by atoms with Crippen LogP contribution in [0.2, 0.25) is 0 Å². The van der Waals surface area contributed by atoms with Crippen LogP contribution in [0.4, 0.5) is 0 Å². The van der Waals surface area contributed by atoms with Crippen molar-refractivity contribution < 1.29 is 19.4 Å². The molecule has 0 aliphatic carbocycles. The Morgan fingerprint density at radius 3 is 2.88 bits per heavy atom. The van der Waals surface area contributed by atoms with Crippen LogP contribution < -0.4 is 9.47 Å². The number of rotatable bonds is 4. The number of aromatic nitrogens is 1. The van der Waals surface area contributed by atoms with Crippen molar-refractivity contribution in [2.24, 2.45) is 0 Å². The van der Waals surface area contributed by atoms with Crippen LogP contribution in [-0.4, -0.2) is 22.9 Å². The molecule has 0 spiro atoms. The second kappa shape index (κ2) is 5.98. The summed E-state index contributed by atoms with van der Waals surface area (Å²) < 4.78 is 11.7. The summed E-state index contributed by atoms with van der Waals surface area (Å²) in [6.45, 7) is 0.211. The van der Waals surface area contributed by atoms with Crippen LogP contribution >= 0.6 is 11.3 Å². The Morgan fingerprint density at radius 2 is 2.04 bits per heavy atom. The summed E-state index contributed by atoms with van der Waals surface area (Å²) in [4.78, 5) is 15.8. The molecule has 0 saturated carbocycles. The SMILES string of the molecule is O=C(O)C/C(=C/c1ccc2c(c1)OCO2)c1nc2ccccc2s1. The first-order valence-corrected chi connectivity index (χ1v) is 8.19. The van der Waals surface area contributed by atoms with Crippen molar-refractivity contribution in [1.82, 2.24) is 4.98 Å². The zero-order valence-electron chi connectivity index (χ0n) is 12.6. The third kappa shape index (κ3) is 2.83. The number of hydrogen-bond donors (Lipinski definition) is 1. The van der Waals surface area contributed by atoms with Gasteiger partial charge in [-0.1, -0.05) is 18.2 Å². The van der Waals surface area contributed by atoms with Gasteiger partial charge in [-0.3, -0.25) is 4.79 Å². The normalized spacial score (nSPS) is 13.4. The summed E-state index contributed by atoms with van der Waals surface area (Å²) in [7, 11) is 0. The van der Waals surface area contributed by atoms with Crippen molar-refractivity contribution in [2.75, 3.05) is 6.79 Å². The van der Waals surface area contributed by atoms with E-state index in [9.17, 15) is 9.90 Å². The summed E-state index contributed by atoms with van der Waals surface area (Å²) in [6.07, 6.45) is 1.75. The fourth-order valence-electron chi connectivity index (χ4n) is 2.56. The Hall–Kier alpha value is -2.86. The third-order valence-electron chi connectivity index (χ3n) is 3.65. The molecule has 120 valence electrons. The summed E-state index contributed by atoms with van der Waals surface area (Å²) in [5.41, 5.74) is 2.40. The zero-order valence-corrected chi connectivity index (χ0v) is 13.4. The smallest absolute Gasteiger partial charge is 0.307 e. The predicted molar refractivity (Wildman–Crippen MR) is 92.3 cm³/mol. The van der Waals surface area contributed by atoms with E-state index >= 15 is 0 Å². The van der Waals surface area contributed by atoms with Gasteiger partial charge in [0.15, 0.2) is 11.5 Å². The number of nitrogens with zero attached hydrogens (tertiary/aromatic N) is 1. The van der Waals surface area contributed by atoms with E-state index in [4.69, 9.17) is 9.47 Å². The second-order valence-corrected chi connectivity index (χ2v) is 6.37. The molecule has 2 heterocycles. The van der Waals surface area contributed by atoms with Crippen LogP contribution in [0.25, 0.3) is 21.9 Å². The van der Waals surface area contributed by atoms with Gasteiger partial charge >= 0.3 is 5.97 Å². The molecule has 0 bridgehead atoms. The number of benzene rings is 2. The van der Waals surface area contributed by atoms with Gasteiger partial charge in [-0.25, -0.2) is 4.98 Å². The molecule has 6 heteroatoms. The lowest BCUT2D eigenvalue weighted by molar-refractivity contribution is -0.135. The lowest BCUT2D eigenvalue weighted by Gasteiger charge is -2.03.